The first-order valence-corrected chi connectivity index (χ1v) is 5.45. The van der Waals surface area contributed by atoms with Crippen molar-refractivity contribution in [3.8, 4) is 0 Å². The van der Waals surface area contributed by atoms with Gasteiger partial charge in [-0.15, -0.1) is 0 Å². The lowest BCUT2D eigenvalue weighted by Crippen LogP contribution is -2.35. The lowest BCUT2D eigenvalue weighted by Gasteiger charge is -2.20. The summed E-state index contributed by atoms with van der Waals surface area (Å²) in [4.78, 5) is 33.0. The minimum Gasteiger partial charge on any atom is -0.350 e. The van der Waals surface area contributed by atoms with Crippen molar-refractivity contribution in [2.75, 3.05) is 32.6 Å². The smallest absolute Gasteiger partial charge is 0.252 e. The van der Waals surface area contributed by atoms with Gasteiger partial charge in [0.25, 0.3) is 5.56 Å². The zero-order valence-corrected chi connectivity index (χ0v) is 10.6. The average molecular weight is 238 g/mol. The second-order valence-electron chi connectivity index (χ2n) is 4.05. The Morgan fingerprint density at radius 3 is 2.59 bits per heavy atom. The molecule has 6 heteroatoms. The molecule has 1 aromatic heterocycles. The van der Waals surface area contributed by atoms with Crippen molar-refractivity contribution in [2.24, 2.45) is 0 Å². The third kappa shape index (κ3) is 3.58. The van der Waals surface area contributed by atoms with Crippen LogP contribution in [0.1, 0.15) is 12.7 Å². The summed E-state index contributed by atoms with van der Waals surface area (Å²) in [5, 5.41) is 0. The van der Waals surface area contributed by atoms with E-state index in [9.17, 15) is 9.59 Å². The molecule has 0 aromatic carbocycles. The number of carbonyl (C=O) groups excluding carboxylic acids is 1. The Labute approximate surface area is 100 Å². The van der Waals surface area contributed by atoms with Crippen LogP contribution < -0.4 is 10.5 Å². The second kappa shape index (κ2) is 5.47. The molecule has 1 amide bonds. The summed E-state index contributed by atoms with van der Waals surface area (Å²) in [5.74, 6) is 1.10. The van der Waals surface area contributed by atoms with E-state index in [4.69, 9.17) is 0 Å². The molecule has 0 aliphatic heterocycles. The maximum atomic E-state index is 11.5. The molecule has 6 nitrogen and oxygen atoms in total. The van der Waals surface area contributed by atoms with Crippen molar-refractivity contribution in [1.29, 1.82) is 0 Å². The van der Waals surface area contributed by atoms with Gasteiger partial charge in [-0.1, -0.05) is 6.92 Å². The van der Waals surface area contributed by atoms with E-state index in [0.717, 1.165) is 0 Å². The molecule has 1 heterocycles. The summed E-state index contributed by atoms with van der Waals surface area (Å²) >= 11 is 0. The third-order valence-electron chi connectivity index (χ3n) is 2.37. The van der Waals surface area contributed by atoms with E-state index in [1.165, 1.54) is 11.0 Å². The molecular formula is C11H18N4O2. The van der Waals surface area contributed by atoms with Gasteiger partial charge in [-0.05, 0) is 0 Å². The highest BCUT2D eigenvalue weighted by Gasteiger charge is 2.11. The summed E-state index contributed by atoms with van der Waals surface area (Å²) in [5.41, 5.74) is -0.198. The summed E-state index contributed by atoms with van der Waals surface area (Å²) < 4.78 is 0. The first-order chi connectivity index (χ1) is 7.93. The minimum atomic E-state index is -0.198. The molecule has 1 aromatic rings. The van der Waals surface area contributed by atoms with Crippen molar-refractivity contribution in [3.63, 3.8) is 0 Å². The zero-order chi connectivity index (χ0) is 13.0. The molecule has 0 aliphatic carbocycles. The number of rotatable bonds is 4. The number of nitrogens with zero attached hydrogens (tertiary/aromatic N) is 3. The summed E-state index contributed by atoms with van der Waals surface area (Å²) in [6.07, 6.45) is 0.651. The van der Waals surface area contributed by atoms with Crippen LogP contribution in [0.3, 0.4) is 0 Å². The van der Waals surface area contributed by atoms with E-state index in [2.05, 4.69) is 9.97 Å². The van der Waals surface area contributed by atoms with Crippen LogP contribution in [0, 0.1) is 0 Å². The molecule has 0 aliphatic rings. The van der Waals surface area contributed by atoms with E-state index >= 15 is 0 Å². The summed E-state index contributed by atoms with van der Waals surface area (Å²) in [7, 11) is 5.13. The van der Waals surface area contributed by atoms with E-state index in [1.807, 2.05) is 6.92 Å². The second-order valence-corrected chi connectivity index (χ2v) is 4.05. The predicted octanol–water partition coefficient (Wildman–Crippen LogP) is -0.143. The van der Waals surface area contributed by atoms with Gasteiger partial charge in [0.15, 0.2) is 0 Å². The Morgan fingerprint density at radius 1 is 1.41 bits per heavy atom. The number of hydrogen-bond acceptors (Lipinski definition) is 4. The van der Waals surface area contributed by atoms with E-state index in [0.29, 0.717) is 18.1 Å². The molecule has 94 valence electrons. The first-order valence-electron chi connectivity index (χ1n) is 5.45. The van der Waals surface area contributed by atoms with Gasteiger partial charge in [0.05, 0.1) is 6.54 Å². The molecule has 1 rings (SSSR count). The third-order valence-corrected chi connectivity index (χ3v) is 2.37. The topological polar surface area (TPSA) is 69.3 Å². The molecule has 0 saturated heterocycles. The lowest BCUT2D eigenvalue weighted by atomic mass is 10.4. The van der Waals surface area contributed by atoms with Gasteiger partial charge in [0, 0.05) is 33.6 Å². The fourth-order valence-corrected chi connectivity index (χ4v) is 1.28. The molecule has 0 radical (unpaired) electrons. The van der Waals surface area contributed by atoms with Crippen LogP contribution in [-0.2, 0) is 11.2 Å². The largest absolute Gasteiger partial charge is 0.350 e. The van der Waals surface area contributed by atoms with Crippen molar-refractivity contribution < 1.29 is 4.79 Å². The van der Waals surface area contributed by atoms with E-state index in [1.54, 1.807) is 26.0 Å². The number of anilines is 1. The number of nitrogens with one attached hydrogen (secondary N) is 1. The van der Waals surface area contributed by atoms with Crippen LogP contribution in [0.15, 0.2) is 10.9 Å². The number of aromatic amines is 1. The van der Waals surface area contributed by atoms with Crippen LogP contribution in [0.2, 0.25) is 0 Å². The Balaban J connectivity index is 2.88. The highest BCUT2D eigenvalue weighted by Crippen LogP contribution is 2.05. The number of hydrogen-bond donors (Lipinski definition) is 1. The highest BCUT2D eigenvalue weighted by atomic mass is 16.2. The van der Waals surface area contributed by atoms with Gasteiger partial charge < -0.3 is 14.8 Å². The molecule has 0 bridgehead atoms. The van der Waals surface area contributed by atoms with Crippen LogP contribution in [0.5, 0.6) is 0 Å². The Morgan fingerprint density at radius 2 is 2.06 bits per heavy atom. The number of aromatic nitrogens is 2. The zero-order valence-electron chi connectivity index (χ0n) is 10.6. The standard InChI is InChI=1S/C11H18N4O2/c1-5-8-12-9(6-10(16)13-8)15(4)7-11(17)14(2)3/h6H,5,7H2,1-4H3,(H,12,13,16). The van der Waals surface area contributed by atoms with Crippen molar-refractivity contribution >= 4 is 11.7 Å². The minimum absolute atomic E-state index is 0.0346. The molecular weight excluding hydrogens is 220 g/mol. The molecule has 0 unspecified atom stereocenters. The quantitative estimate of drug-likeness (QED) is 0.792. The number of carbonyl (C=O) groups is 1. The fourth-order valence-electron chi connectivity index (χ4n) is 1.28. The SMILES string of the molecule is CCc1nc(N(C)CC(=O)N(C)C)cc(=O)[nH]1. The van der Waals surface area contributed by atoms with Crippen LogP contribution >= 0.6 is 0 Å². The van der Waals surface area contributed by atoms with Gasteiger partial charge in [0.1, 0.15) is 11.6 Å². The van der Waals surface area contributed by atoms with Gasteiger partial charge in [-0.2, -0.15) is 0 Å². The lowest BCUT2D eigenvalue weighted by molar-refractivity contribution is -0.127. The first kappa shape index (κ1) is 13.2. The predicted molar refractivity (Wildman–Crippen MR) is 66.2 cm³/mol. The van der Waals surface area contributed by atoms with Crippen LogP contribution in [0.4, 0.5) is 5.82 Å². The van der Waals surface area contributed by atoms with E-state index < -0.39 is 0 Å². The maximum Gasteiger partial charge on any atom is 0.252 e. The Bertz CT molecular complexity index is 453. The number of H-pyrrole nitrogens is 1. The van der Waals surface area contributed by atoms with Gasteiger partial charge in [0.2, 0.25) is 5.91 Å². The maximum absolute atomic E-state index is 11.5. The van der Waals surface area contributed by atoms with Crippen molar-refractivity contribution in [1.82, 2.24) is 14.9 Å². The molecule has 17 heavy (non-hydrogen) atoms. The molecule has 0 atom stereocenters. The average Bonchev–Trinajstić information content (AvgIpc) is 2.27. The molecule has 0 saturated carbocycles. The molecule has 0 fully saturated rings. The Kier molecular flexibility index (Phi) is 4.25. The fraction of sp³-hybridized carbons (Fsp3) is 0.545. The normalized spacial score (nSPS) is 10.1. The Hall–Kier alpha value is -1.85. The number of amides is 1. The van der Waals surface area contributed by atoms with Crippen LogP contribution in [0.25, 0.3) is 0 Å². The van der Waals surface area contributed by atoms with Gasteiger partial charge >= 0.3 is 0 Å². The van der Waals surface area contributed by atoms with Crippen LogP contribution in [-0.4, -0.2) is 48.5 Å². The molecule has 0 spiro atoms. The highest BCUT2D eigenvalue weighted by molar-refractivity contribution is 5.80. The van der Waals surface area contributed by atoms with Crippen molar-refractivity contribution in [3.05, 3.63) is 22.2 Å². The summed E-state index contributed by atoms with van der Waals surface area (Å²) in [6, 6.07) is 1.39. The monoisotopic (exact) mass is 238 g/mol. The molecule has 1 N–H and O–H groups in total. The number of aryl methyl sites for hydroxylation is 1. The van der Waals surface area contributed by atoms with Gasteiger partial charge in [-0.3, -0.25) is 9.59 Å². The number of likely N-dealkylation sites (N-methyl/N-ethyl adjacent to an activating group) is 2. The summed E-state index contributed by atoms with van der Waals surface area (Å²) in [6.45, 7) is 2.11. The van der Waals surface area contributed by atoms with Crippen molar-refractivity contribution in [2.45, 2.75) is 13.3 Å². The van der Waals surface area contributed by atoms with Gasteiger partial charge in [-0.25, -0.2) is 4.98 Å². The van der Waals surface area contributed by atoms with E-state index in [-0.39, 0.29) is 18.0 Å².